The molecule has 0 fully saturated rings. The van der Waals surface area contributed by atoms with Gasteiger partial charge in [0.25, 0.3) is 0 Å². The predicted molar refractivity (Wildman–Crippen MR) is 76.9 cm³/mol. The Bertz CT molecular complexity index is 505. The van der Waals surface area contributed by atoms with E-state index in [0.29, 0.717) is 0 Å². The second-order valence-corrected chi connectivity index (χ2v) is 5.56. The van der Waals surface area contributed by atoms with Gasteiger partial charge in [-0.1, -0.05) is 30.7 Å². The second-order valence-electron chi connectivity index (χ2n) is 4.04. The van der Waals surface area contributed by atoms with Crippen LogP contribution in [-0.4, -0.2) is 6.54 Å². The molecule has 0 unspecified atom stereocenters. The number of benzene rings is 1. The van der Waals surface area contributed by atoms with E-state index in [2.05, 4.69) is 42.7 Å². The summed E-state index contributed by atoms with van der Waals surface area (Å²) in [6.07, 6.45) is 0. The van der Waals surface area contributed by atoms with Crippen molar-refractivity contribution in [2.45, 2.75) is 20.4 Å². The van der Waals surface area contributed by atoms with Crippen LogP contribution in [0.3, 0.4) is 0 Å². The minimum Gasteiger partial charge on any atom is -0.313 e. The van der Waals surface area contributed by atoms with E-state index in [-0.39, 0.29) is 0 Å². The van der Waals surface area contributed by atoms with Gasteiger partial charge in [0.05, 0.1) is 0 Å². The molecule has 0 saturated carbocycles. The molecule has 1 N–H and O–H groups in total. The number of nitrogens with one attached hydrogen (secondary N) is 1. The molecule has 0 bridgehead atoms. The lowest BCUT2D eigenvalue weighted by molar-refractivity contribution is 0.727. The molecule has 90 valence electrons. The van der Waals surface area contributed by atoms with Crippen molar-refractivity contribution in [3.05, 3.63) is 45.1 Å². The first-order valence-electron chi connectivity index (χ1n) is 5.75. The zero-order chi connectivity index (χ0) is 12.3. The largest absolute Gasteiger partial charge is 0.313 e. The monoisotopic (exact) mass is 265 g/mol. The van der Waals surface area contributed by atoms with Gasteiger partial charge in [0.15, 0.2) is 0 Å². The van der Waals surface area contributed by atoms with Crippen molar-refractivity contribution in [1.82, 2.24) is 5.32 Å². The summed E-state index contributed by atoms with van der Waals surface area (Å²) >= 11 is 8.08. The fraction of sp³-hybridized carbons (Fsp3) is 0.286. The fourth-order valence-corrected chi connectivity index (χ4v) is 2.77. The Morgan fingerprint density at radius 3 is 2.71 bits per heavy atom. The molecule has 0 spiro atoms. The summed E-state index contributed by atoms with van der Waals surface area (Å²) in [5, 5.41) is 6.28. The maximum atomic E-state index is 6.33. The highest BCUT2D eigenvalue weighted by atomic mass is 35.5. The smallest absolute Gasteiger partial charge is 0.0487 e. The van der Waals surface area contributed by atoms with Gasteiger partial charge in [-0.25, -0.2) is 0 Å². The number of hydrogen-bond acceptors (Lipinski definition) is 2. The first-order valence-corrected chi connectivity index (χ1v) is 7.01. The summed E-state index contributed by atoms with van der Waals surface area (Å²) in [4.78, 5) is 1.31. The van der Waals surface area contributed by atoms with E-state index in [1.54, 1.807) is 11.3 Å². The van der Waals surface area contributed by atoms with Crippen LogP contribution in [-0.2, 0) is 6.54 Å². The number of halogens is 1. The van der Waals surface area contributed by atoms with Gasteiger partial charge in [-0.05, 0) is 42.1 Å². The van der Waals surface area contributed by atoms with Gasteiger partial charge in [0.2, 0.25) is 0 Å². The van der Waals surface area contributed by atoms with Crippen molar-refractivity contribution in [2.75, 3.05) is 6.54 Å². The zero-order valence-electron chi connectivity index (χ0n) is 10.1. The van der Waals surface area contributed by atoms with Crippen molar-refractivity contribution in [3.8, 4) is 11.1 Å². The van der Waals surface area contributed by atoms with Crippen LogP contribution < -0.4 is 5.32 Å². The topological polar surface area (TPSA) is 12.0 Å². The lowest BCUT2D eigenvalue weighted by Gasteiger charge is -2.06. The van der Waals surface area contributed by atoms with E-state index in [1.807, 2.05) is 6.07 Å². The maximum Gasteiger partial charge on any atom is 0.0487 e. The third-order valence-electron chi connectivity index (χ3n) is 2.65. The van der Waals surface area contributed by atoms with Gasteiger partial charge in [0.1, 0.15) is 0 Å². The Morgan fingerprint density at radius 1 is 1.29 bits per heavy atom. The number of rotatable bonds is 4. The van der Waals surface area contributed by atoms with E-state index < -0.39 is 0 Å². The van der Waals surface area contributed by atoms with Gasteiger partial charge >= 0.3 is 0 Å². The van der Waals surface area contributed by atoms with Gasteiger partial charge in [-0.3, -0.25) is 0 Å². The molecule has 3 heteroatoms. The van der Waals surface area contributed by atoms with E-state index in [9.17, 15) is 0 Å². The molecule has 0 radical (unpaired) electrons. The number of thiophene rings is 1. The fourth-order valence-electron chi connectivity index (χ4n) is 1.76. The van der Waals surface area contributed by atoms with Crippen LogP contribution >= 0.6 is 22.9 Å². The van der Waals surface area contributed by atoms with Crippen LogP contribution in [0.15, 0.2) is 29.6 Å². The minimum atomic E-state index is 0.832. The van der Waals surface area contributed by atoms with Crippen molar-refractivity contribution in [1.29, 1.82) is 0 Å². The quantitative estimate of drug-likeness (QED) is 0.859. The van der Waals surface area contributed by atoms with Crippen molar-refractivity contribution < 1.29 is 0 Å². The molecule has 0 atom stereocenters. The predicted octanol–water partition coefficient (Wildman–Crippen LogP) is 4.49. The molecule has 1 aromatic heterocycles. The molecule has 2 aromatic rings. The Balaban J connectivity index is 2.25. The minimum absolute atomic E-state index is 0.832. The highest BCUT2D eigenvalue weighted by molar-refractivity contribution is 7.10. The lowest BCUT2D eigenvalue weighted by atomic mass is 10.1. The van der Waals surface area contributed by atoms with Crippen LogP contribution in [0.1, 0.15) is 17.4 Å². The summed E-state index contributed by atoms with van der Waals surface area (Å²) in [5.41, 5.74) is 3.57. The Labute approximate surface area is 111 Å². The molecule has 0 aliphatic rings. The van der Waals surface area contributed by atoms with Gasteiger partial charge < -0.3 is 5.32 Å². The van der Waals surface area contributed by atoms with Crippen LogP contribution in [0.25, 0.3) is 11.1 Å². The number of aryl methyl sites for hydroxylation is 1. The average Bonchev–Trinajstić information content (AvgIpc) is 2.73. The van der Waals surface area contributed by atoms with Crippen LogP contribution in [0.2, 0.25) is 5.02 Å². The normalized spacial score (nSPS) is 10.8. The molecule has 2 rings (SSSR count). The first-order chi connectivity index (χ1) is 8.20. The molecule has 0 aliphatic carbocycles. The van der Waals surface area contributed by atoms with Crippen LogP contribution in [0.4, 0.5) is 0 Å². The van der Waals surface area contributed by atoms with Crippen molar-refractivity contribution in [2.24, 2.45) is 0 Å². The molecule has 17 heavy (non-hydrogen) atoms. The van der Waals surface area contributed by atoms with E-state index in [4.69, 9.17) is 11.6 Å². The molecular weight excluding hydrogens is 250 g/mol. The molecular formula is C14H16ClNS. The third kappa shape index (κ3) is 3.09. The van der Waals surface area contributed by atoms with Crippen molar-refractivity contribution in [3.63, 3.8) is 0 Å². The van der Waals surface area contributed by atoms with E-state index in [1.165, 1.54) is 16.0 Å². The maximum absolute atomic E-state index is 6.33. The van der Waals surface area contributed by atoms with Gasteiger partial charge in [-0.2, -0.15) is 0 Å². The zero-order valence-corrected chi connectivity index (χ0v) is 11.7. The highest BCUT2D eigenvalue weighted by Gasteiger charge is 2.06. The molecule has 0 amide bonds. The summed E-state index contributed by atoms with van der Waals surface area (Å²) in [6.45, 7) is 6.06. The third-order valence-corrected chi connectivity index (χ3v) is 3.83. The molecule has 1 aromatic carbocycles. The first kappa shape index (κ1) is 12.6. The summed E-state index contributed by atoms with van der Waals surface area (Å²) < 4.78 is 0. The average molecular weight is 266 g/mol. The van der Waals surface area contributed by atoms with Gasteiger partial charge in [-0.15, -0.1) is 11.3 Å². The van der Waals surface area contributed by atoms with Crippen LogP contribution in [0.5, 0.6) is 0 Å². The van der Waals surface area contributed by atoms with E-state index >= 15 is 0 Å². The molecule has 0 saturated heterocycles. The Hall–Kier alpha value is -0.830. The SMILES string of the molecule is CCNCc1ccc(-c2csc(C)c2)c(Cl)c1. The number of hydrogen-bond donors (Lipinski definition) is 1. The van der Waals surface area contributed by atoms with Crippen LogP contribution in [0, 0.1) is 6.92 Å². The summed E-state index contributed by atoms with van der Waals surface area (Å²) in [5.74, 6) is 0. The second kappa shape index (κ2) is 5.67. The van der Waals surface area contributed by atoms with Gasteiger partial charge in [0, 0.05) is 22.0 Å². The molecule has 1 heterocycles. The molecule has 0 aliphatic heterocycles. The lowest BCUT2D eigenvalue weighted by Crippen LogP contribution is -2.11. The van der Waals surface area contributed by atoms with E-state index in [0.717, 1.165) is 23.7 Å². The van der Waals surface area contributed by atoms with Crippen molar-refractivity contribution >= 4 is 22.9 Å². The Kier molecular flexibility index (Phi) is 4.21. The molecule has 1 nitrogen and oxygen atoms in total. The summed E-state index contributed by atoms with van der Waals surface area (Å²) in [6, 6.07) is 8.47. The highest BCUT2D eigenvalue weighted by Crippen LogP contribution is 2.31. The Morgan fingerprint density at radius 2 is 2.12 bits per heavy atom. The summed E-state index contributed by atoms with van der Waals surface area (Å²) in [7, 11) is 0. The standard InChI is InChI=1S/C14H16ClNS/c1-3-16-8-11-4-5-13(14(15)7-11)12-6-10(2)17-9-12/h4-7,9,16H,3,8H2,1-2H3.